The maximum absolute atomic E-state index is 7.51. The number of fused-ring (bicyclic) bond motifs is 14. The van der Waals surface area contributed by atoms with Gasteiger partial charge in [0, 0.05) is 45.3 Å². The predicted molar refractivity (Wildman–Crippen MR) is 340 cm³/mol. The Morgan fingerprint density at radius 1 is 0.420 bits per heavy atom. The molecule has 0 bridgehead atoms. The molecule has 14 rings (SSSR count). The molecule has 0 saturated carbocycles. The summed E-state index contributed by atoms with van der Waals surface area (Å²) in [5.41, 5.74) is 26.4. The third-order valence-corrected chi connectivity index (χ3v) is 17.2. The lowest BCUT2D eigenvalue weighted by atomic mass is 9.70. The Labute approximate surface area is 476 Å². The van der Waals surface area contributed by atoms with Crippen molar-refractivity contribution in [3.8, 4) is 44.5 Å². The van der Waals surface area contributed by atoms with E-state index >= 15 is 0 Å². The predicted octanol–water partition coefficient (Wildman–Crippen LogP) is 21.1. The highest BCUT2D eigenvalue weighted by Crippen LogP contribution is 2.66. The minimum Gasteiger partial charge on any atom is -0.455 e. The van der Waals surface area contributed by atoms with E-state index in [0.717, 1.165) is 89.6 Å². The van der Waals surface area contributed by atoms with Gasteiger partial charge in [0.25, 0.3) is 0 Å². The Kier molecular flexibility index (Phi) is 11.5. The van der Waals surface area contributed by atoms with Crippen LogP contribution in [0.2, 0.25) is 0 Å². The standard InChI is InChI=1S/C77H65N3O/c1-48-42-50(3)72(62(43-48)51-22-12-10-13-23-51)80(56-38-34-54(35-39-56)76(7,8)9)68-46-67-70(73-71(68)61-28-18-21-31-69(61)81-73)60-41-40-57(45-66(60)77(67)64-29-19-16-26-58(64)59-27-17-20-30-65(59)77)79(55-36-32-53(33-37-55)75(4,5)6)74-63(44-49(2)47-78-74)52-24-14-11-15-25-52/h10-47H,1-9H3. The minimum atomic E-state index is -0.771. The molecule has 2 aliphatic rings. The van der Waals surface area contributed by atoms with E-state index in [0.29, 0.717) is 0 Å². The van der Waals surface area contributed by atoms with Gasteiger partial charge in [-0.25, -0.2) is 4.98 Å². The molecule has 2 heterocycles. The second-order valence-corrected chi connectivity index (χ2v) is 24.6. The molecule has 0 radical (unpaired) electrons. The topological polar surface area (TPSA) is 32.5 Å². The molecular weight excluding hydrogens is 983 g/mol. The fourth-order valence-electron chi connectivity index (χ4n) is 13.4. The third kappa shape index (κ3) is 7.90. The molecule has 0 atom stereocenters. The van der Waals surface area contributed by atoms with Crippen LogP contribution in [0.15, 0.2) is 235 Å². The van der Waals surface area contributed by atoms with E-state index in [1.165, 1.54) is 61.2 Å². The number of rotatable bonds is 8. The number of furan rings is 1. The van der Waals surface area contributed by atoms with Crippen LogP contribution < -0.4 is 9.80 Å². The van der Waals surface area contributed by atoms with Gasteiger partial charge in [0.15, 0.2) is 0 Å². The van der Waals surface area contributed by atoms with Crippen LogP contribution in [0.1, 0.15) is 91.6 Å². The summed E-state index contributed by atoms with van der Waals surface area (Å²) in [7, 11) is 0. The Bertz CT molecular complexity index is 4390. The molecule has 0 unspecified atom stereocenters. The van der Waals surface area contributed by atoms with Gasteiger partial charge in [-0.15, -0.1) is 0 Å². The van der Waals surface area contributed by atoms with Gasteiger partial charge in [0.05, 0.1) is 22.2 Å². The maximum atomic E-state index is 7.51. The van der Waals surface area contributed by atoms with Crippen molar-refractivity contribution < 1.29 is 4.42 Å². The van der Waals surface area contributed by atoms with Crippen molar-refractivity contribution in [1.29, 1.82) is 0 Å². The molecule has 0 aliphatic heterocycles. The van der Waals surface area contributed by atoms with Crippen LogP contribution in [0.4, 0.5) is 34.3 Å². The summed E-state index contributed by atoms with van der Waals surface area (Å²) >= 11 is 0. The number of pyridine rings is 1. The lowest BCUT2D eigenvalue weighted by Gasteiger charge is -2.34. The lowest BCUT2D eigenvalue weighted by Crippen LogP contribution is -2.27. The number of nitrogens with zero attached hydrogens (tertiary/aromatic N) is 3. The smallest absolute Gasteiger partial charge is 0.145 e. The van der Waals surface area contributed by atoms with Gasteiger partial charge < -0.3 is 9.32 Å². The van der Waals surface area contributed by atoms with Crippen molar-refractivity contribution in [2.45, 2.75) is 78.6 Å². The average Bonchev–Trinajstić information content (AvgIpc) is 3.05. The van der Waals surface area contributed by atoms with E-state index in [1.54, 1.807) is 0 Å². The van der Waals surface area contributed by atoms with E-state index in [2.05, 4.69) is 297 Å². The molecule has 4 nitrogen and oxygen atoms in total. The van der Waals surface area contributed by atoms with Gasteiger partial charge in [-0.1, -0.05) is 211 Å². The monoisotopic (exact) mass is 1050 g/mol. The Morgan fingerprint density at radius 3 is 1.57 bits per heavy atom. The van der Waals surface area contributed by atoms with Gasteiger partial charge in [-0.3, -0.25) is 4.90 Å². The van der Waals surface area contributed by atoms with Crippen molar-refractivity contribution in [2.75, 3.05) is 9.80 Å². The SMILES string of the molecule is Cc1cnc(N(c2ccc(C(C)(C)C)cc2)c2ccc3c(c2)C2(c4ccccc4-c4ccccc42)c2cc(N(c4ccc(C(C)(C)C)cc4)c4c(C)cc(C)cc4-c4ccccc4)c4c(oc5ccccc54)c2-3)c(-c2ccccc2)c1. The van der Waals surface area contributed by atoms with Crippen molar-refractivity contribution >= 4 is 56.2 Å². The van der Waals surface area contributed by atoms with Crippen LogP contribution in [0.5, 0.6) is 0 Å². The molecule has 0 saturated heterocycles. The molecule has 1 spiro atoms. The first-order chi connectivity index (χ1) is 39.2. The first-order valence-corrected chi connectivity index (χ1v) is 28.5. The Balaban J connectivity index is 1.12. The average molecular weight is 1050 g/mol. The third-order valence-electron chi connectivity index (χ3n) is 17.2. The fourth-order valence-corrected chi connectivity index (χ4v) is 13.4. The summed E-state index contributed by atoms with van der Waals surface area (Å²) < 4.78 is 7.51. The molecule has 0 amide bonds. The molecule has 0 fully saturated rings. The Morgan fingerprint density at radius 2 is 0.951 bits per heavy atom. The normalized spacial score (nSPS) is 13.1. The van der Waals surface area contributed by atoms with E-state index in [1.807, 2.05) is 6.20 Å². The van der Waals surface area contributed by atoms with Gasteiger partial charge in [-0.05, 0) is 165 Å². The van der Waals surface area contributed by atoms with Crippen LogP contribution >= 0.6 is 0 Å². The lowest BCUT2D eigenvalue weighted by molar-refractivity contribution is 0.590. The molecule has 10 aromatic carbocycles. The maximum Gasteiger partial charge on any atom is 0.145 e. The number of hydrogen-bond donors (Lipinski definition) is 0. The zero-order valence-electron chi connectivity index (χ0n) is 47.7. The zero-order chi connectivity index (χ0) is 55.5. The van der Waals surface area contributed by atoms with Crippen LogP contribution in [0, 0.1) is 20.8 Å². The van der Waals surface area contributed by atoms with E-state index in [4.69, 9.17) is 9.40 Å². The molecule has 2 aromatic heterocycles. The highest BCUT2D eigenvalue weighted by atomic mass is 16.3. The molecular formula is C77H65N3O. The second-order valence-electron chi connectivity index (χ2n) is 24.6. The first kappa shape index (κ1) is 50.0. The molecule has 0 N–H and O–H groups in total. The first-order valence-electron chi connectivity index (χ1n) is 28.5. The van der Waals surface area contributed by atoms with E-state index < -0.39 is 5.41 Å². The summed E-state index contributed by atoms with van der Waals surface area (Å²) in [5.74, 6) is 0.866. The van der Waals surface area contributed by atoms with Crippen LogP contribution in [-0.2, 0) is 16.2 Å². The molecule has 81 heavy (non-hydrogen) atoms. The van der Waals surface area contributed by atoms with Gasteiger partial charge in [0.2, 0.25) is 0 Å². The highest BCUT2D eigenvalue weighted by Gasteiger charge is 2.53. The van der Waals surface area contributed by atoms with Crippen LogP contribution in [0.3, 0.4) is 0 Å². The van der Waals surface area contributed by atoms with Crippen molar-refractivity contribution in [2.24, 2.45) is 0 Å². The van der Waals surface area contributed by atoms with E-state index in [-0.39, 0.29) is 10.8 Å². The van der Waals surface area contributed by atoms with Crippen LogP contribution in [0.25, 0.3) is 66.4 Å². The number of hydrogen-bond acceptors (Lipinski definition) is 4. The van der Waals surface area contributed by atoms with Crippen molar-refractivity contribution in [3.63, 3.8) is 0 Å². The number of benzene rings is 10. The Hall–Kier alpha value is -9.25. The number of para-hydroxylation sites is 1. The summed E-state index contributed by atoms with van der Waals surface area (Å²) in [6.45, 7) is 20.3. The van der Waals surface area contributed by atoms with E-state index in [9.17, 15) is 0 Å². The fraction of sp³-hybridized carbons (Fsp3) is 0.156. The molecule has 12 aromatic rings. The van der Waals surface area contributed by atoms with Gasteiger partial charge in [0.1, 0.15) is 17.0 Å². The number of anilines is 6. The van der Waals surface area contributed by atoms with Gasteiger partial charge >= 0.3 is 0 Å². The summed E-state index contributed by atoms with van der Waals surface area (Å²) in [4.78, 5) is 10.3. The van der Waals surface area contributed by atoms with Crippen LogP contribution in [-0.4, -0.2) is 4.98 Å². The second kappa shape index (κ2) is 18.7. The quantitative estimate of drug-likeness (QED) is 0.152. The van der Waals surface area contributed by atoms with Gasteiger partial charge in [-0.2, -0.15) is 0 Å². The highest BCUT2D eigenvalue weighted by molar-refractivity contribution is 6.20. The number of aryl methyl sites for hydroxylation is 3. The number of aromatic nitrogens is 1. The summed E-state index contributed by atoms with van der Waals surface area (Å²) in [6.07, 6.45) is 2.01. The molecule has 2 aliphatic carbocycles. The zero-order valence-corrected chi connectivity index (χ0v) is 47.7. The minimum absolute atomic E-state index is 0.0246. The molecule has 394 valence electrons. The van der Waals surface area contributed by atoms with Crippen molar-refractivity contribution in [1.82, 2.24) is 4.98 Å². The summed E-state index contributed by atoms with van der Waals surface area (Å²) in [5, 5.41) is 2.15. The molecule has 4 heteroatoms. The van der Waals surface area contributed by atoms with Crippen molar-refractivity contribution in [3.05, 3.63) is 281 Å². The summed E-state index contributed by atoms with van der Waals surface area (Å²) in [6, 6.07) is 83.6. The largest absolute Gasteiger partial charge is 0.455 e.